The molecule has 5 aromatic rings. The Morgan fingerprint density at radius 3 is 2.69 bits per heavy atom. The van der Waals surface area contributed by atoms with Crippen molar-refractivity contribution >= 4 is 51.3 Å². The molecule has 9 heteroatoms. The highest BCUT2D eigenvalue weighted by Gasteiger charge is 2.15. The van der Waals surface area contributed by atoms with Gasteiger partial charge in [0, 0.05) is 51.2 Å². The van der Waals surface area contributed by atoms with Gasteiger partial charge in [-0.1, -0.05) is 41.9 Å². The van der Waals surface area contributed by atoms with Gasteiger partial charge in [0.05, 0.1) is 11.1 Å². The second-order valence-corrected chi connectivity index (χ2v) is 8.45. The van der Waals surface area contributed by atoms with Gasteiger partial charge < -0.3 is 8.98 Å². The highest BCUT2D eigenvalue weighted by molar-refractivity contribution is 6.31. The summed E-state index contributed by atoms with van der Waals surface area (Å²) in [5.41, 5.74) is 6.87. The van der Waals surface area contributed by atoms with Crippen LogP contribution in [0.3, 0.4) is 0 Å². The van der Waals surface area contributed by atoms with Gasteiger partial charge in [0.25, 0.3) is 5.69 Å². The average Bonchev–Trinajstić information content (AvgIpc) is 3.39. The van der Waals surface area contributed by atoms with E-state index in [2.05, 4.69) is 15.1 Å². The summed E-state index contributed by atoms with van der Waals surface area (Å²) in [6.07, 6.45) is 1.61. The van der Waals surface area contributed by atoms with Gasteiger partial charge in [0.15, 0.2) is 5.76 Å². The first-order chi connectivity index (χ1) is 16.9. The number of nitrogens with one attached hydrogen (secondary N) is 1. The lowest BCUT2D eigenvalue weighted by Gasteiger charge is -2.08. The SMILES string of the molecule is Cc1c(/C=N/NC(=O)c2cc3cc(Cl)ccc3o2)c2ccccc2n1Cc1ccc([N+](=O)[O-])cc1. The number of furan rings is 1. The lowest BCUT2D eigenvalue weighted by molar-refractivity contribution is -0.384. The lowest BCUT2D eigenvalue weighted by Crippen LogP contribution is -2.16. The van der Waals surface area contributed by atoms with Crippen LogP contribution in [0.1, 0.15) is 27.4 Å². The van der Waals surface area contributed by atoms with E-state index in [1.807, 2.05) is 31.2 Å². The summed E-state index contributed by atoms with van der Waals surface area (Å²) in [6, 6.07) is 21.1. The number of rotatable bonds is 6. The second-order valence-electron chi connectivity index (χ2n) is 8.02. The van der Waals surface area contributed by atoms with Crippen LogP contribution in [0.15, 0.2) is 82.3 Å². The van der Waals surface area contributed by atoms with Gasteiger partial charge in [0.1, 0.15) is 5.58 Å². The number of non-ortho nitro benzene ring substituents is 1. The lowest BCUT2D eigenvalue weighted by atomic mass is 10.1. The molecule has 2 heterocycles. The number of carbonyl (C=O) groups is 1. The van der Waals surface area contributed by atoms with E-state index in [-0.39, 0.29) is 11.4 Å². The Labute approximate surface area is 204 Å². The first-order valence-corrected chi connectivity index (χ1v) is 11.1. The number of nitro groups is 1. The molecule has 1 N–H and O–H groups in total. The Bertz CT molecular complexity index is 1620. The van der Waals surface area contributed by atoms with Crippen molar-refractivity contribution in [2.24, 2.45) is 5.10 Å². The van der Waals surface area contributed by atoms with Gasteiger partial charge in [-0.3, -0.25) is 14.9 Å². The molecule has 0 bridgehead atoms. The number of hydrazone groups is 1. The van der Waals surface area contributed by atoms with Crippen LogP contribution in [0.25, 0.3) is 21.9 Å². The Kier molecular flexibility index (Phi) is 5.80. The van der Waals surface area contributed by atoms with Crippen LogP contribution in [-0.4, -0.2) is 21.6 Å². The minimum absolute atomic E-state index is 0.0546. The smallest absolute Gasteiger partial charge is 0.307 e. The molecule has 174 valence electrons. The van der Waals surface area contributed by atoms with Crippen molar-refractivity contribution in [1.29, 1.82) is 0 Å². The summed E-state index contributed by atoms with van der Waals surface area (Å²) in [5, 5.41) is 17.4. The summed E-state index contributed by atoms with van der Waals surface area (Å²) in [6.45, 7) is 2.50. The first-order valence-electron chi connectivity index (χ1n) is 10.7. The highest BCUT2D eigenvalue weighted by Crippen LogP contribution is 2.26. The Morgan fingerprint density at radius 2 is 1.91 bits per heavy atom. The quantitative estimate of drug-likeness (QED) is 0.179. The molecule has 0 spiro atoms. The van der Waals surface area contributed by atoms with Gasteiger partial charge in [0.2, 0.25) is 0 Å². The van der Waals surface area contributed by atoms with Gasteiger partial charge in [-0.25, -0.2) is 5.43 Å². The molecule has 0 saturated carbocycles. The van der Waals surface area contributed by atoms with E-state index in [0.29, 0.717) is 17.2 Å². The van der Waals surface area contributed by atoms with Crippen molar-refractivity contribution in [2.45, 2.75) is 13.5 Å². The van der Waals surface area contributed by atoms with Crippen molar-refractivity contribution in [3.05, 3.63) is 111 Å². The number of hydrogen-bond donors (Lipinski definition) is 1. The number of nitro benzene ring substituents is 1. The predicted molar refractivity (Wildman–Crippen MR) is 135 cm³/mol. The van der Waals surface area contributed by atoms with E-state index in [0.717, 1.165) is 33.1 Å². The van der Waals surface area contributed by atoms with Crippen LogP contribution < -0.4 is 5.43 Å². The van der Waals surface area contributed by atoms with Gasteiger partial charge >= 0.3 is 5.91 Å². The predicted octanol–water partition coefficient (Wildman–Crippen LogP) is 6.07. The molecule has 1 amide bonds. The number of hydrogen-bond acceptors (Lipinski definition) is 5. The van der Waals surface area contributed by atoms with E-state index in [1.165, 1.54) is 12.1 Å². The zero-order valence-corrected chi connectivity index (χ0v) is 19.3. The van der Waals surface area contributed by atoms with Gasteiger partial charge in [-0.2, -0.15) is 5.10 Å². The summed E-state index contributed by atoms with van der Waals surface area (Å²) >= 11 is 6.00. The van der Waals surface area contributed by atoms with E-state index < -0.39 is 10.8 Å². The molecule has 2 aromatic heterocycles. The minimum Gasteiger partial charge on any atom is -0.451 e. The molecule has 0 atom stereocenters. The van der Waals surface area contributed by atoms with Crippen molar-refractivity contribution < 1.29 is 14.1 Å². The summed E-state index contributed by atoms with van der Waals surface area (Å²) in [4.78, 5) is 23.1. The molecule has 0 aliphatic carbocycles. The van der Waals surface area contributed by atoms with Crippen molar-refractivity contribution in [2.75, 3.05) is 0 Å². The Hall–Kier alpha value is -4.43. The summed E-state index contributed by atoms with van der Waals surface area (Å²) < 4.78 is 7.70. The van der Waals surface area contributed by atoms with Crippen molar-refractivity contribution in [1.82, 2.24) is 9.99 Å². The maximum atomic E-state index is 12.6. The number of amides is 1. The van der Waals surface area contributed by atoms with Gasteiger partial charge in [-0.05, 0) is 42.8 Å². The molecule has 3 aromatic carbocycles. The fourth-order valence-electron chi connectivity index (χ4n) is 4.07. The zero-order valence-electron chi connectivity index (χ0n) is 18.6. The largest absolute Gasteiger partial charge is 0.451 e. The van der Waals surface area contributed by atoms with Crippen LogP contribution in [-0.2, 0) is 6.54 Å². The maximum Gasteiger partial charge on any atom is 0.307 e. The normalized spacial score (nSPS) is 11.5. The third kappa shape index (κ3) is 4.39. The summed E-state index contributed by atoms with van der Waals surface area (Å²) in [7, 11) is 0. The number of benzene rings is 3. The van der Waals surface area contributed by atoms with Crippen LogP contribution in [0.5, 0.6) is 0 Å². The standard InChI is InChI=1S/C26H19ClN4O4/c1-16-22(14-28-29-26(32)25-13-18-12-19(27)8-11-24(18)35-25)21-4-2-3-5-23(21)30(16)15-17-6-9-20(10-7-17)31(33)34/h2-14H,15H2,1H3,(H,29,32)/b28-14+. The second kappa shape index (κ2) is 9.08. The molecule has 0 radical (unpaired) electrons. The highest BCUT2D eigenvalue weighted by atomic mass is 35.5. The van der Waals surface area contributed by atoms with Crippen LogP contribution in [0.4, 0.5) is 5.69 Å². The number of fused-ring (bicyclic) bond motifs is 2. The monoisotopic (exact) mass is 486 g/mol. The summed E-state index contributed by atoms with van der Waals surface area (Å²) in [5.74, 6) is -0.336. The Morgan fingerprint density at radius 1 is 1.14 bits per heavy atom. The molecule has 0 unspecified atom stereocenters. The molecule has 0 aliphatic heterocycles. The molecule has 0 saturated heterocycles. The number of halogens is 1. The number of carbonyl (C=O) groups excluding carboxylic acids is 1. The number of nitrogens with zero attached hydrogens (tertiary/aromatic N) is 3. The van der Waals surface area contributed by atoms with E-state index in [1.54, 1.807) is 42.6 Å². The average molecular weight is 487 g/mol. The van der Waals surface area contributed by atoms with Crippen LogP contribution in [0, 0.1) is 17.0 Å². The topological polar surface area (TPSA) is 103 Å². The van der Waals surface area contributed by atoms with Crippen LogP contribution >= 0.6 is 11.6 Å². The minimum atomic E-state index is -0.471. The molecule has 35 heavy (non-hydrogen) atoms. The first kappa shape index (κ1) is 22.4. The molecule has 0 aliphatic rings. The zero-order chi connectivity index (χ0) is 24.5. The van der Waals surface area contributed by atoms with E-state index >= 15 is 0 Å². The van der Waals surface area contributed by atoms with Gasteiger partial charge in [-0.15, -0.1) is 0 Å². The molecule has 0 fully saturated rings. The number of para-hydroxylation sites is 1. The van der Waals surface area contributed by atoms with Crippen molar-refractivity contribution in [3.8, 4) is 0 Å². The fourth-order valence-corrected chi connectivity index (χ4v) is 4.25. The molecular formula is C26H19ClN4O4. The third-order valence-corrected chi connectivity index (χ3v) is 6.06. The maximum absolute atomic E-state index is 12.6. The third-order valence-electron chi connectivity index (χ3n) is 5.83. The molecule has 5 rings (SSSR count). The van der Waals surface area contributed by atoms with Crippen LogP contribution in [0.2, 0.25) is 5.02 Å². The molecular weight excluding hydrogens is 468 g/mol. The molecule has 8 nitrogen and oxygen atoms in total. The van der Waals surface area contributed by atoms with E-state index in [4.69, 9.17) is 16.0 Å². The number of aromatic nitrogens is 1. The fraction of sp³-hybridized carbons (Fsp3) is 0.0769. The van der Waals surface area contributed by atoms with E-state index in [9.17, 15) is 14.9 Å². The Balaban J connectivity index is 1.40. The van der Waals surface area contributed by atoms with Crippen molar-refractivity contribution in [3.63, 3.8) is 0 Å².